The third-order valence-electron chi connectivity index (χ3n) is 4.68. The molecule has 5 nitrogen and oxygen atoms in total. The minimum absolute atomic E-state index is 0.0808. The van der Waals surface area contributed by atoms with Crippen LogP contribution in [0.2, 0.25) is 0 Å². The van der Waals surface area contributed by atoms with Gasteiger partial charge in [0.15, 0.2) is 0 Å². The molecule has 0 bridgehead atoms. The van der Waals surface area contributed by atoms with Crippen LogP contribution in [0.5, 0.6) is 0 Å². The lowest BCUT2D eigenvalue weighted by atomic mass is 9.64. The van der Waals surface area contributed by atoms with Crippen molar-refractivity contribution in [2.24, 2.45) is 5.41 Å². The summed E-state index contributed by atoms with van der Waals surface area (Å²) >= 11 is 0. The van der Waals surface area contributed by atoms with Crippen LogP contribution in [-0.2, 0) is 19.1 Å². The Morgan fingerprint density at radius 3 is 1.95 bits per heavy atom. The fourth-order valence-corrected chi connectivity index (χ4v) is 3.36. The first kappa shape index (κ1) is 19.9. The quantitative estimate of drug-likeness (QED) is 0.592. The zero-order chi connectivity index (χ0) is 16.5. The van der Waals surface area contributed by atoms with E-state index >= 15 is 0 Å². The monoisotopic (exact) mass is 302 g/mol. The van der Waals surface area contributed by atoms with Gasteiger partial charge in [-0.15, -0.1) is 0 Å². The summed E-state index contributed by atoms with van der Waals surface area (Å²) in [7, 11) is 1.60. The minimum Gasteiger partial charge on any atom is -0.481 e. The summed E-state index contributed by atoms with van der Waals surface area (Å²) < 4.78 is 11.1. The zero-order valence-electron chi connectivity index (χ0n) is 14.0. The van der Waals surface area contributed by atoms with Gasteiger partial charge in [-0.05, 0) is 39.0 Å². The summed E-state index contributed by atoms with van der Waals surface area (Å²) in [6, 6.07) is 0. The van der Waals surface area contributed by atoms with Crippen LogP contribution in [0.3, 0.4) is 0 Å². The molecule has 1 atom stereocenters. The molecule has 5 heteroatoms. The molecule has 0 aliphatic carbocycles. The third-order valence-corrected chi connectivity index (χ3v) is 4.68. The first-order chi connectivity index (χ1) is 9.89. The fourth-order valence-electron chi connectivity index (χ4n) is 3.36. The van der Waals surface area contributed by atoms with E-state index in [-0.39, 0.29) is 12.4 Å². The van der Waals surface area contributed by atoms with Gasteiger partial charge in [-0.2, -0.15) is 0 Å². The van der Waals surface area contributed by atoms with Crippen molar-refractivity contribution in [2.45, 2.75) is 71.8 Å². The van der Waals surface area contributed by atoms with Crippen molar-refractivity contribution in [3.63, 3.8) is 0 Å². The van der Waals surface area contributed by atoms with E-state index in [1.54, 1.807) is 14.0 Å². The summed E-state index contributed by atoms with van der Waals surface area (Å²) in [6.45, 7) is 8.02. The topological polar surface area (TPSA) is 72.8 Å². The third kappa shape index (κ3) is 4.19. The van der Waals surface area contributed by atoms with Crippen LogP contribution in [0.15, 0.2) is 0 Å². The summed E-state index contributed by atoms with van der Waals surface area (Å²) in [6.07, 6.45) is 2.96. The van der Waals surface area contributed by atoms with Crippen LogP contribution in [0.4, 0.5) is 0 Å². The molecule has 0 saturated carbocycles. The van der Waals surface area contributed by atoms with Crippen LogP contribution in [-0.4, -0.2) is 36.4 Å². The maximum atomic E-state index is 12.6. The molecule has 0 rings (SSSR count). The Morgan fingerprint density at radius 2 is 1.62 bits per heavy atom. The van der Waals surface area contributed by atoms with Crippen LogP contribution < -0.4 is 0 Å². The minimum atomic E-state index is -0.828. The number of esters is 1. The summed E-state index contributed by atoms with van der Waals surface area (Å²) in [5.74, 6) is -1.07. The molecule has 0 aromatic rings. The highest BCUT2D eigenvalue weighted by atomic mass is 16.5. The number of carboxylic acid groups (broad SMARTS) is 1. The van der Waals surface area contributed by atoms with Crippen molar-refractivity contribution < 1.29 is 24.2 Å². The van der Waals surface area contributed by atoms with E-state index < -0.39 is 17.0 Å². The van der Waals surface area contributed by atoms with E-state index in [1.807, 2.05) is 20.8 Å². The standard InChI is InChI=1S/C16H30O5/c1-6-15(7-2,14(19)21-9-4)16(8-3,20-5)12-10-11-13(17)18/h6-12H2,1-5H3,(H,17,18). The molecule has 0 amide bonds. The normalized spacial score (nSPS) is 14.5. The van der Waals surface area contributed by atoms with E-state index in [0.29, 0.717) is 38.7 Å². The molecule has 1 unspecified atom stereocenters. The Balaban J connectivity index is 5.49. The van der Waals surface area contributed by atoms with Gasteiger partial charge < -0.3 is 14.6 Å². The summed E-state index contributed by atoms with van der Waals surface area (Å²) in [4.78, 5) is 23.3. The number of hydrogen-bond acceptors (Lipinski definition) is 4. The van der Waals surface area contributed by atoms with Gasteiger partial charge in [0, 0.05) is 13.5 Å². The highest BCUT2D eigenvalue weighted by molar-refractivity contribution is 5.78. The zero-order valence-corrected chi connectivity index (χ0v) is 14.0. The molecule has 1 N–H and O–H groups in total. The lowest BCUT2D eigenvalue weighted by Crippen LogP contribution is -2.54. The van der Waals surface area contributed by atoms with Gasteiger partial charge in [0.1, 0.15) is 0 Å². The van der Waals surface area contributed by atoms with Crippen LogP contribution >= 0.6 is 0 Å². The molecule has 0 aliphatic rings. The Morgan fingerprint density at radius 1 is 1.05 bits per heavy atom. The SMILES string of the molecule is CCOC(=O)C(CC)(CC)C(CC)(CCCC(=O)O)OC. The van der Waals surface area contributed by atoms with Gasteiger partial charge in [0.2, 0.25) is 0 Å². The van der Waals surface area contributed by atoms with Gasteiger partial charge in [0.05, 0.1) is 17.6 Å². The van der Waals surface area contributed by atoms with Crippen molar-refractivity contribution in [3.8, 4) is 0 Å². The van der Waals surface area contributed by atoms with E-state index in [0.717, 1.165) is 0 Å². The molecule has 0 spiro atoms. The second-order valence-corrected chi connectivity index (χ2v) is 5.31. The number of aliphatic carboxylic acids is 1. The van der Waals surface area contributed by atoms with Gasteiger partial charge in [-0.25, -0.2) is 0 Å². The molecule has 21 heavy (non-hydrogen) atoms. The highest BCUT2D eigenvalue weighted by Gasteiger charge is 2.54. The van der Waals surface area contributed by atoms with E-state index in [1.165, 1.54) is 0 Å². The van der Waals surface area contributed by atoms with Crippen molar-refractivity contribution in [1.29, 1.82) is 0 Å². The molecule has 0 radical (unpaired) electrons. The lowest BCUT2D eigenvalue weighted by molar-refractivity contribution is -0.186. The van der Waals surface area contributed by atoms with Crippen molar-refractivity contribution in [2.75, 3.05) is 13.7 Å². The molecule has 0 aliphatic heterocycles. The molecule has 124 valence electrons. The van der Waals surface area contributed by atoms with Crippen molar-refractivity contribution in [1.82, 2.24) is 0 Å². The number of ether oxygens (including phenoxy) is 2. The Bertz CT molecular complexity index is 330. The fraction of sp³-hybridized carbons (Fsp3) is 0.875. The second-order valence-electron chi connectivity index (χ2n) is 5.31. The number of carbonyl (C=O) groups excluding carboxylic acids is 1. The van der Waals surface area contributed by atoms with Gasteiger partial charge in [0.25, 0.3) is 0 Å². The van der Waals surface area contributed by atoms with Crippen LogP contribution in [0.1, 0.15) is 66.2 Å². The maximum absolute atomic E-state index is 12.6. The van der Waals surface area contributed by atoms with Crippen LogP contribution in [0.25, 0.3) is 0 Å². The van der Waals surface area contributed by atoms with E-state index in [4.69, 9.17) is 14.6 Å². The number of methoxy groups -OCH3 is 1. The number of carbonyl (C=O) groups is 2. The molecule has 0 heterocycles. The maximum Gasteiger partial charge on any atom is 0.314 e. The Kier molecular flexibility index (Phi) is 8.55. The van der Waals surface area contributed by atoms with Gasteiger partial charge in [-0.1, -0.05) is 20.8 Å². The Hall–Kier alpha value is -1.10. The molecule has 0 fully saturated rings. The lowest BCUT2D eigenvalue weighted by Gasteiger charge is -2.47. The largest absolute Gasteiger partial charge is 0.481 e. The first-order valence-electron chi connectivity index (χ1n) is 7.83. The highest BCUT2D eigenvalue weighted by Crippen LogP contribution is 2.47. The van der Waals surface area contributed by atoms with E-state index in [2.05, 4.69) is 0 Å². The number of carboxylic acids is 1. The van der Waals surface area contributed by atoms with Crippen LogP contribution in [0, 0.1) is 5.41 Å². The molecule has 0 saturated heterocycles. The number of hydrogen-bond donors (Lipinski definition) is 1. The molecule has 0 aromatic carbocycles. The average Bonchev–Trinajstić information content (AvgIpc) is 2.47. The van der Waals surface area contributed by atoms with Gasteiger partial charge >= 0.3 is 11.9 Å². The summed E-state index contributed by atoms with van der Waals surface area (Å²) in [5.41, 5.74) is -1.41. The summed E-state index contributed by atoms with van der Waals surface area (Å²) in [5, 5.41) is 8.83. The predicted molar refractivity (Wildman–Crippen MR) is 81.2 cm³/mol. The van der Waals surface area contributed by atoms with Gasteiger partial charge in [-0.3, -0.25) is 9.59 Å². The van der Waals surface area contributed by atoms with Crippen molar-refractivity contribution >= 4 is 11.9 Å². The second kappa shape index (κ2) is 9.03. The van der Waals surface area contributed by atoms with E-state index in [9.17, 15) is 9.59 Å². The smallest absolute Gasteiger partial charge is 0.314 e. The first-order valence-corrected chi connectivity index (χ1v) is 7.83. The average molecular weight is 302 g/mol. The number of rotatable bonds is 11. The molecular formula is C16H30O5. The van der Waals surface area contributed by atoms with Crippen molar-refractivity contribution in [3.05, 3.63) is 0 Å². The molecule has 0 aromatic heterocycles. The Labute approximate surface area is 128 Å². The molecular weight excluding hydrogens is 272 g/mol. The predicted octanol–water partition coefficient (Wildman–Crippen LogP) is 3.41.